The number of carbonyl (C=O) groups is 2. The van der Waals surface area contributed by atoms with Crippen molar-refractivity contribution in [3.05, 3.63) is 35.4 Å². The average molecular weight is 462 g/mol. The predicted octanol–water partition coefficient (Wildman–Crippen LogP) is 3.68. The van der Waals surface area contributed by atoms with Crippen LogP contribution in [0.15, 0.2) is 24.3 Å². The van der Waals surface area contributed by atoms with Gasteiger partial charge in [-0.1, -0.05) is 57.5 Å². The van der Waals surface area contributed by atoms with Crippen LogP contribution in [0.3, 0.4) is 0 Å². The molecule has 33 heavy (non-hydrogen) atoms. The van der Waals surface area contributed by atoms with Gasteiger partial charge in [-0.3, -0.25) is 9.59 Å². The Morgan fingerprint density at radius 2 is 1.67 bits per heavy atom. The first-order chi connectivity index (χ1) is 15.7. The van der Waals surface area contributed by atoms with Crippen molar-refractivity contribution in [3.63, 3.8) is 0 Å². The number of nitrogens with one attached hydrogen (secondary N) is 1. The van der Waals surface area contributed by atoms with Gasteiger partial charge in [0.05, 0.1) is 6.10 Å². The standard InChI is InChI=1S/C27H47N3O3/c1-6-16-30(17-7-2)26(32)13-12-23(27(28)33)24(18-22-10-8-21(5)9-11-22)25(31)19-29-15-14-20(3)4/h8-11,20,23-25,29,31H,6-7,12-19H2,1-5H3,(H2,28,33)/t23?,24-,25-/m1/s1. The summed E-state index contributed by atoms with van der Waals surface area (Å²) in [5.74, 6) is -0.726. The van der Waals surface area contributed by atoms with E-state index in [-0.39, 0.29) is 18.2 Å². The number of aliphatic hydroxyl groups is 1. The number of nitrogens with zero attached hydrogens (tertiary/aromatic N) is 1. The zero-order chi connectivity index (χ0) is 24.8. The van der Waals surface area contributed by atoms with Gasteiger partial charge in [0, 0.05) is 37.9 Å². The summed E-state index contributed by atoms with van der Waals surface area (Å²) in [4.78, 5) is 27.2. The SMILES string of the molecule is CCCN(CCC)C(=O)CCC(C(N)=O)[C@@H](Cc1ccc(C)cc1)[C@H](O)CNCCC(C)C. The summed E-state index contributed by atoms with van der Waals surface area (Å²) < 4.78 is 0. The van der Waals surface area contributed by atoms with Gasteiger partial charge in [0.2, 0.25) is 11.8 Å². The van der Waals surface area contributed by atoms with E-state index in [4.69, 9.17) is 5.73 Å². The van der Waals surface area contributed by atoms with Crippen molar-refractivity contribution in [2.24, 2.45) is 23.5 Å². The van der Waals surface area contributed by atoms with Crippen LogP contribution in [0.4, 0.5) is 0 Å². The Kier molecular flexibility index (Phi) is 14.0. The zero-order valence-corrected chi connectivity index (χ0v) is 21.5. The van der Waals surface area contributed by atoms with Crippen LogP contribution < -0.4 is 11.1 Å². The number of nitrogens with two attached hydrogens (primary N) is 1. The van der Waals surface area contributed by atoms with Crippen molar-refractivity contribution in [2.45, 2.75) is 79.2 Å². The molecule has 0 aromatic heterocycles. The van der Waals surface area contributed by atoms with Crippen LogP contribution in [0.5, 0.6) is 0 Å². The Labute approximate surface area is 201 Å². The summed E-state index contributed by atoms with van der Waals surface area (Å²) in [6.45, 7) is 13.1. The number of aliphatic hydroxyl groups excluding tert-OH is 1. The largest absolute Gasteiger partial charge is 0.391 e. The van der Waals surface area contributed by atoms with Crippen LogP contribution >= 0.6 is 0 Å². The molecule has 0 heterocycles. The monoisotopic (exact) mass is 461 g/mol. The van der Waals surface area contributed by atoms with E-state index in [9.17, 15) is 14.7 Å². The second kappa shape index (κ2) is 15.8. The molecule has 1 aromatic carbocycles. The molecule has 4 N–H and O–H groups in total. The molecule has 1 aromatic rings. The minimum Gasteiger partial charge on any atom is -0.391 e. The van der Waals surface area contributed by atoms with E-state index in [2.05, 4.69) is 33.0 Å². The number of benzene rings is 1. The molecule has 0 radical (unpaired) electrons. The molecule has 0 aliphatic rings. The van der Waals surface area contributed by atoms with Crippen molar-refractivity contribution in [2.75, 3.05) is 26.2 Å². The fourth-order valence-corrected chi connectivity index (χ4v) is 4.24. The normalized spacial score (nSPS) is 14.2. The number of amides is 2. The van der Waals surface area contributed by atoms with Crippen molar-refractivity contribution in [1.29, 1.82) is 0 Å². The van der Waals surface area contributed by atoms with Crippen LogP contribution in [0, 0.1) is 24.7 Å². The van der Waals surface area contributed by atoms with Gasteiger partial charge in [0.25, 0.3) is 0 Å². The highest BCUT2D eigenvalue weighted by Gasteiger charge is 2.33. The molecule has 0 fully saturated rings. The second-order valence-electron chi connectivity index (χ2n) is 9.74. The maximum atomic E-state index is 12.8. The van der Waals surface area contributed by atoms with Crippen molar-refractivity contribution < 1.29 is 14.7 Å². The van der Waals surface area contributed by atoms with E-state index in [1.54, 1.807) is 0 Å². The molecule has 1 rings (SSSR count). The Morgan fingerprint density at radius 3 is 2.18 bits per heavy atom. The quantitative estimate of drug-likeness (QED) is 0.308. The Morgan fingerprint density at radius 1 is 1.06 bits per heavy atom. The molecule has 3 atom stereocenters. The molecule has 6 nitrogen and oxygen atoms in total. The van der Waals surface area contributed by atoms with E-state index in [1.807, 2.05) is 36.1 Å². The first-order valence-electron chi connectivity index (χ1n) is 12.7. The second-order valence-corrected chi connectivity index (χ2v) is 9.74. The van der Waals surface area contributed by atoms with Gasteiger partial charge in [0.1, 0.15) is 0 Å². The maximum Gasteiger partial charge on any atom is 0.222 e. The van der Waals surface area contributed by atoms with Gasteiger partial charge < -0.3 is 21.1 Å². The smallest absolute Gasteiger partial charge is 0.222 e. The van der Waals surface area contributed by atoms with Crippen LogP contribution in [-0.2, 0) is 16.0 Å². The van der Waals surface area contributed by atoms with Gasteiger partial charge >= 0.3 is 0 Å². The van der Waals surface area contributed by atoms with Crippen LogP contribution in [0.2, 0.25) is 0 Å². The summed E-state index contributed by atoms with van der Waals surface area (Å²) in [6, 6.07) is 8.15. The molecule has 0 saturated heterocycles. The molecular formula is C27H47N3O3. The number of aryl methyl sites for hydroxylation is 1. The van der Waals surface area contributed by atoms with E-state index in [0.717, 1.165) is 50.0 Å². The average Bonchev–Trinajstić information content (AvgIpc) is 2.76. The molecule has 0 bridgehead atoms. The maximum absolute atomic E-state index is 12.8. The first kappa shape index (κ1) is 29.1. The number of hydrogen-bond acceptors (Lipinski definition) is 4. The third kappa shape index (κ3) is 11.2. The lowest BCUT2D eigenvalue weighted by atomic mass is 9.79. The topological polar surface area (TPSA) is 95.7 Å². The minimum absolute atomic E-state index is 0.0589. The van der Waals surface area contributed by atoms with Crippen molar-refractivity contribution >= 4 is 11.8 Å². The van der Waals surface area contributed by atoms with Gasteiger partial charge in [-0.25, -0.2) is 0 Å². The lowest BCUT2D eigenvalue weighted by molar-refractivity contribution is -0.132. The van der Waals surface area contributed by atoms with Crippen LogP contribution in [-0.4, -0.2) is 54.1 Å². The molecule has 2 amide bonds. The van der Waals surface area contributed by atoms with E-state index < -0.39 is 17.9 Å². The van der Waals surface area contributed by atoms with Crippen LogP contribution in [0.1, 0.15) is 70.9 Å². The summed E-state index contributed by atoms with van der Waals surface area (Å²) in [6.07, 6.45) is 3.27. The zero-order valence-electron chi connectivity index (χ0n) is 21.5. The Balaban J connectivity index is 2.96. The summed E-state index contributed by atoms with van der Waals surface area (Å²) in [5, 5.41) is 14.4. The first-order valence-corrected chi connectivity index (χ1v) is 12.7. The minimum atomic E-state index is -0.728. The van der Waals surface area contributed by atoms with Gasteiger partial charge in [-0.2, -0.15) is 0 Å². The lowest BCUT2D eigenvalue weighted by Crippen LogP contribution is -2.43. The summed E-state index contributed by atoms with van der Waals surface area (Å²) in [7, 11) is 0. The number of hydrogen-bond donors (Lipinski definition) is 3. The van der Waals surface area contributed by atoms with Crippen molar-refractivity contribution in [3.8, 4) is 0 Å². The number of rotatable bonds is 17. The van der Waals surface area contributed by atoms with Gasteiger partial charge in [0.15, 0.2) is 0 Å². The molecule has 0 saturated carbocycles. The molecule has 1 unspecified atom stereocenters. The molecule has 0 spiro atoms. The van der Waals surface area contributed by atoms with Crippen LogP contribution in [0.25, 0.3) is 0 Å². The number of primary amides is 1. The highest BCUT2D eigenvalue weighted by molar-refractivity contribution is 5.80. The summed E-state index contributed by atoms with van der Waals surface area (Å²) >= 11 is 0. The molecule has 188 valence electrons. The Bertz CT molecular complexity index is 684. The van der Waals surface area contributed by atoms with E-state index >= 15 is 0 Å². The predicted molar refractivity (Wildman–Crippen MR) is 136 cm³/mol. The lowest BCUT2D eigenvalue weighted by Gasteiger charge is -2.30. The van der Waals surface area contributed by atoms with E-state index in [1.165, 1.54) is 0 Å². The summed E-state index contributed by atoms with van der Waals surface area (Å²) in [5.41, 5.74) is 8.05. The van der Waals surface area contributed by atoms with Crippen molar-refractivity contribution in [1.82, 2.24) is 10.2 Å². The Hall–Kier alpha value is -1.92. The number of carbonyl (C=O) groups excluding carboxylic acids is 2. The van der Waals surface area contributed by atoms with E-state index in [0.29, 0.717) is 25.3 Å². The fourth-order valence-electron chi connectivity index (χ4n) is 4.24. The van der Waals surface area contributed by atoms with Gasteiger partial charge in [-0.05, 0) is 57.1 Å². The molecule has 0 aliphatic heterocycles. The van der Waals surface area contributed by atoms with Gasteiger partial charge in [-0.15, -0.1) is 0 Å². The third-order valence-electron chi connectivity index (χ3n) is 6.23. The highest BCUT2D eigenvalue weighted by Crippen LogP contribution is 2.26. The fraction of sp³-hybridized carbons (Fsp3) is 0.704. The molecule has 6 heteroatoms. The third-order valence-corrected chi connectivity index (χ3v) is 6.23. The molecular weight excluding hydrogens is 414 g/mol. The molecule has 0 aliphatic carbocycles. The highest BCUT2D eigenvalue weighted by atomic mass is 16.3.